The molecule has 0 saturated heterocycles. The number of benzene rings is 5. The maximum atomic E-state index is 4.75. The standard InChI is InChI=1S/C31H23N2P/c1-4-12-25(13-5-1)34(26-14-6-2-7-15-26,27-16-8-3-9-17-27)28-22-20-24(21-23-28)31-32-29-18-10-11-19-30(29)33-31/h1-23H/q+1. The van der Waals surface area contributed by atoms with Gasteiger partial charge in [-0.2, -0.15) is 0 Å². The quantitative estimate of drug-likeness (QED) is 0.321. The summed E-state index contributed by atoms with van der Waals surface area (Å²) in [5, 5.41) is 14.8. The van der Waals surface area contributed by atoms with E-state index in [0.717, 1.165) is 23.1 Å². The molecule has 1 heterocycles. The highest BCUT2D eigenvalue weighted by Crippen LogP contribution is 2.54. The molecular weight excluding hydrogens is 431 g/mol. The summed E-state index contributed by atoms with van der Waals surface area (Å²) in [6.45, 7) is 0. The van der Waals surface area contributed by atoms with Gasteiger partial charge < -0.3 is 0 Å². The van der Waals surface area contributed by atoms with Crippen molar-refractivity contribution >= 4 is 39.9 Å². The van der Waals surface area contributed by atoms with E-state index in [1.165, 1.54) is 21.2 Å². The molecule has 0 spiro atoms. The Labute approximate surface area is 201 Å². The van der Waals surface area contributed by atoms with Crippen LogP contribution in [0.15, 0.2) is 140 Å². The second-order valence-corrected chi connectivity index (χ2v) is 11.7. The highest BCUT2D eigenvalue weighted by Gasteiger charge is 2.47. The Balaban J connectivity index is 1.50. The molecular formula is C31H23N2P+. The van der Waals surface area contributed by atoms with Gasteiger partial charge in [0.1, 0.15) is 28.5 Å². The van der Waals surface area contributed by atoms with Gasteiger partial charge in [-0.3, -0.25) is 0 Å². The first-order valence-corrected chi connectivity index (χ1v) is 13.2. The third-order valence-corrected chi connectivity index (χ3v) is 10.6. The molecule has 34 heavy (non-hydrogen) atoms. The fourth-order valence-electron chi connectivity index (χ4n) is 4.72. The van der Waals surface area contributed by atoms with Gasteiger partial charge in [0.25, 0.3) is 0 Å². The van der Waals surface area contributed by atoms with Crippen LogP contribution in [-0.2, 0) is 0 Å². The summed E-state index contributed by atoms with van der Waals surface area (Å²) >= 11 is 0. The average Bonchev–Trinajstić information content (AvgIpc) is 3.36. The largest absolute Gasteiger partial charge is 0.244 e. The lowest BCUT2D eigenvalue weighted by atomic mass is 10.2. The molecule has 6 rings (SSSR count). The molecule has 161 valence electrons. The van der Waals surface area contributed by atoms with E-state index in [1.807, 2.05) is 24.3 Å². The number of para-hydroxylation sites is 2. The molecule has 1 aliphatic rings. The molecule has 0 aromatic heterocycles. The molecule has 0 saturated carbocycles. The number of nitrogens with zero attached hydrogens (tertiary/aromatic N) is 2. The zero-order chi connectivity index (χ0) is 22.8. The fraction of sp³-hybridized carbons (Fsp3) is 0. The second kappa shape index (κ2) is 8.82. The molecule has 0 bridgehead atoms. The van der Waals surface area contributed by atoms with Crippen molar-refractivity contribution in [3.05, 3.63) is 151 Å². The van der Waals surface area contributed by atoms with E-state index >= 15 is 0 Å². The molecule has 5 aromatic carbocycles. The van der Waals surface area contributed by atoms with E-state index in [4.69, 9.17) is 10.6 Å². The SMILES string of the molecule is c1ccc([P+](c2ccccc2)(c2ccccc2)c2ccc([C]3[N]c4ccccc4[N]3)cc2)cc1. The van der Waals surface area contributed by atoms with Crippen molar-refractivity contribution in [1.82, 2.24) is 10.6 Å². The van der Waals surface area contributed by atoms with Crippen LogP contribution >= 0.6 is 7.26 Å². The molecule has 0 atom stereocenters. The van der Waals surface area contributed by atoms with Crippen LogP contribution in [0.3, 0.4) is 0 Å². The molecule has 0 aliphatic carbocycles. The highest BCUT2D eigenvalue weighted by atomic mass is 31.2. The number of fused-ring (bicyclic) bond motifs is 1. The Morgan fingerprint density at radius 1 is 0.353 bits per heavy atom. The van der Waals surface area contributed by atoms with E-state index in [-0.39, 0.29) is 0 Å². The van der Waals surface area contributed by atoms with Gasteiger partial charge >= 0.3 is 0 Å². The van der Waals surface area contributed by atoms with Crippen LogP contribution < -0.4 is 31.9 Å². The van der Waals surface area contributed by atoms with Crippen LogP contribution in [0.1, 0.15) is 5.56 Å². The van der Waals surface area contributed by atoms with Crippen LogP contribution in [0.4, 0.5) is 11.4 Å². The predicted octanol–water partition coefficient (Wildman–Crippen LogP) is 5.33. The van der Waals surface area contributed by atoms with Crippen LogP contribution in [-0.4, -0.2) is 0 Å². The molecule has 0 fully saturated rings. The Kier molecular flexibility index (Phi) is 5.37. The van der Waals surface area contributed by atoms with E-state index < -0.39 is 7.26 Å². The first kappa shape index (κ1) is 20.7. The Hall–Kier alpha value is -3.87. The minimum atomic E-state index is -2.09. The molecule has 3 heteroatoms. The van der Waals surface area contributed by atoms with E-state index in [9.17, 15) is 0 Å². The van der Waals surface area contributed by atoms with Gasteiger partial charge in [-0.25, -0.2) is 10.6 Å². The monoisotopic (exact) mass is 454 g/mol. The Morgan fingerprint density at radius 3 is 1.12 bits per heavy atom. The first-order chi connectivity index (χ1) is 16.9. The van der Waals surface area contributed by atoms with Crippen molar-refractivity contribution in [2.24, 2.45) is 0 Å². The number of rotatable bonds is 5. The molecule has 3 radical (unpaired) electrons. The fourth-order valence-corrected chi connectivity index (χ4v) is 8.96. The van der Waals surface area contributed by atoms with Gasteiger partial charge in [-0.05, 0) is 60.7 Å². The van der Waals surface area contributed by atoms with Crippen molar-refractivity contribution < 1.29 is 0 Å². The number of hydrogen-bond donors (Lipinski definition) is 0. The lowest BCUT2D eigenvalue weighted by Gasteiger charge is -2.27. The lowest BCUT2D eigenvalue weighted by molar-refractivity contribution is 0.832. The van der Waals surface area contributed by atoms with Crippen LogP contribution in [0.5, 0.6) is 0 Å². The Morgan fingerprint density at radius 2 is 0.706 bits per heavy atom. The molecule has 2 nitrogen and oxygen atoms in total. The third kappa shape index (κ3) is 3.48. The van der Waals surface area contributed by atoms with Crippen LogP contribution in [0, 0.1) is 6.17 Å². The minimum absolute atomic E-state index is 0.774. The zero-order valence-corrected chi connectivity index (χ0v) is 19.5. The van der Waals surface area contributed by atoms with Gasteiger partial charge in [0.15, 0.2) is 0 Å². The average molecular weight is 455 g/mol. The lowest BCUT2D eigenvalue weighted by Crippen LogP contribution is -2.38. The summed E-state index contributed by atoms with van der Waals surface area (Å²) in [5.41, 5.74) is 2.90. The molecule has 0 N–H and O–H groups in total. The van der Waals surface area contributed by atoms with Crippen molar-refractivity contribution in [2.45, 2.75) is 0 Å². The van der Waals surface area contributed by atoms with Gasteiger partial charge in [0, 0.05) is 5.56 Å². The van der Waals surface area contributed by atoms with E-state index in [2.05, 4.69) is 115 Å². The summed E-state index contributed by atoms with van der Waals surface area (Å²) in [7, 11) is -2.09. The van der Waals surface area contributed by atoms with Crippen molar-refractivity contribution in [1.29, 1.82) is 0 Å². The van der Waals surface area contributed by atoms with Crippen molar-refractivity contribution in [3.63, 3.8) is 0 Å². The van der Waals surface area contributed by atoms with Crippen LogP contribution in [0.25, 0.3) is 0 Å². The van der Waals surface area contributed by atoms with Gasteiger partial charge in [0.2, 0.25) is 6.17 Å². The second-order valence-electron chi connectivity index (χ2n) is 8.26. The summed E-state index contributed by atoms with van der Waals surface area (Å²) < 4.78 is 0. The van der Waals surface area contributed by atoms with Crippen molar-refractivity contribution in [2.75, 3.05) is 0 Å². The normalized spacial score (nSPS) is 13.1. The smallest absolute Gasteiger partial charge is 0.226 e. The molecule has 1 aliphatic heterocycles. The minimum Gasteiger partial charge on any atom is -0.244 e. The summed E-state index contributed by atoms with van der Waals surface area (Å²) in [6.07, 6.45) is 0.774. The first-order valence-electron chi connectivity index (χ1n) is 11.4. The van der Waals surface area contributed by atoms with Crippen LogP contribution in [0.2, 0.25) is 0 Å². The third-order valence-electron chi connectivity index (χ3n) is 6.28. The number of hydrogen-bond acceptors (Lipinski definition) is 0. The Bertz CT molecular complexity index is 1260. The molecule has 5 aromatic rings. The van der Waals surface area contributed by atoms with Crippen molar-refractivity contribution in [3.8, 4) is 0 Å². The van der Waals surface area contributed by atoms with Gasteiger partial charge in [-0.1, -0.05) is 78.9 Å². The maximum absolute atomic E-state index is 4.75. The summed E-state index contributed by atoms with van der Waals surface area (Å²) in [5.74, 6) is 0. The molecule has 0 amide bonds. The topological polar surface area (TPSA) is 28.2 Å². The maximum Gasteiger partial charge on any atom is 0.226 e. The zero-order valence-electron chi connectivity index (χ0n) is 18.6. The highest BCUT2D eigenvalue weighted by molar-refractivity contribution is 8.01. The summed E-state index contributed by atoms with van der Waals surface area (Å²) in [6, 6.07) is 49.7. The molecule has 0 unspecified atom stereocenters. The predicted molar refractivity (Wildman–Crippen MR) is 144 cm³/mol. The summed E-state index contributed by atoms with van der Waals surface area (Å²) in [4.78, 5) is 0. The van der Waals surface area contributed by atoms with E-state index in [1.54, 1.807) is 0 Å². The van der Waals surface area contributed by atoms with Gasteiger partial charge in [0.05, 0.1) is 11.4 Å². The van der Waals surface area contributed by atoms with E-state index in [0.29, 0.717) is 0 Å². The van der Waals surface area contributed by atoms with Gasteiger partial charge in [-0.15, -0.1) is 0 Å².